The minimum absolute atomic E-state index is 0.521. The maximum Gasteiger partial charge on any atom is 0.104 e. The van der Waals surface area contributed by atoms with Gasteiger partial charge in [0.1, 0.15) is 6.10 Å². The Morgan fingerprint density at radius 1 is 0.684 bits per heavy atom. The quantitative estimate of drug-likeness (QED) is 0.791. The average Bonchev–Trinajstić information content (AvgIpc) is 2.52. The van der Waals surface area contributed by atoms with Crippen molar-refractivity contribution in [1.29, 1.82) is 0 Å². The summed E-state index contributed by atoms with van der Waals surface area (Å²) in [5.41, 5.74) is 3.08. The molecule has 0 fully saturated rings. The monoisotopic (exact) mass is 258 g/mol. The lowest BCUT2D eigenvalue weighted by Gasteiger charge is -2.11. The SMILES string of the molecule is CC.CC.Cc1ccc(C(O)c2ccccc2)cc1. The van der Waals surface area contributed by atoms with Crippen molar-refractivity contribution in [2.24, 2.45) is 0 Å². The Balaban J connectivity index is 0.000000741. The van der Waals surface area contributed by atoms with Crippen molar-refractivity contribution < 1.29 is 5.11 Å². The molecule has 1 heteroatoms. The van der Waals surface area contributed by atoms with Crippen LogP contribution in [0, 0.1) is 6.92 Å². The van der Waals surface area contributed by atoms with Gasteiger partial charge in [-0.25, -0.2) is 0 Å². The summed E-state index contributed by atoms with van der Waals surface area (Å²) >= 11 is 0. The van der Waals surface area contributed by atoms with Gasteiger partial charge in [-0.1, -0.05) is 87.9 Å². The minimum atomic E-state index is -0.521. The first-order chi connectivity index (χ1) is 9.27. The summed E-state index contributed by atoms with van der Waals surface area (Å²) in [7, 11) is 0. The van der Waals surface area contributed by atoms with Crippen LogP contribution in [0.2, 0.25) is 0 Å². The van der Waals surface area contributed by atoms with E-state index < -0.39 is 6.10 Å². The van der Waals surface area contributed by atoms with Gasteiger partial charge in [-0.2, -0.15) is 0 Å². The van der Waals surface area contributed by atoms with Crippen LogP contribution in [0.5, 0.6) is 0 Å². The molecule has 0 aliphatic rings. The first-order valence-electron chi connectivity index (χ1n) is 7.07. The standard InChI is InChI=1S/C14H14O.2C2H6/c1-11-7-9-13(10-8-11)14(15)12-5-3-2-4-6-12;2*1-2/h2-10,14-15H,1H3;2*1-2H3. The molecule has 19 heavy (non-hydrogen) atoms. The Bertz CT molecular complexity index is 417. The lowest BCUT2D eigenvalue weighted by molar-refractivity contribution is 0.220. The Labute approximate surface area is 117 Å². The van der Waals surface area contributed by atoms with Crippen molar-refractivity contribution in [1.82, 2.24) is 0 Å². The summed E-state index contributed by atoms with van der Waals surface area (Å²) in [5.74, 6) is 0. The highest BCUT2D eigenvalue weighted by atomic mass is 16.3. The zero-order valence-electron chi connectivity index (χ0n) is 12.7. The van der Waals surface area contributed by atoms with E-state index in [1.54, 1.807) is 0 Å². The smallest absolute Gasteiger partial charge is 0.104 e. The number of hydrogen-bond donors (Lipinski definition) is 1. The number of aliphatic hydroxyl groups excluding tert-OH is 1. The maximum absolute atomic E-state index is 10.1. The minimum Gasteiger partial charge on any atom is -0.384 e. The van der Waals surface area contributed by atoms with Gasteiger partial charge in [0.2, 0.25) is 0 Å². The Morgan fingerprint density at radius 3 is 1.58 bits per heavy atom. The third-order valence-electron chi connectivity index (χ3n) is 2.51. The largest absolute Gasteiger partial charge is 0.384 e. The summed E-state index contributed by atoms with van der Waals surface area (Å²) in [6, 6.07) is 17.7. The van der Waals surface area contributed by atoms with Crippen LogP contribution < -0.4 is 0 Å². The zero-order valence-corrected chi connectivity index (χ0v) is 12.7. The van der Waals surface area contributed by atoms with E-state index in [1.165, 1.54) is 5.56 Å². The summed E-state index contributed by atoms with van der Waals surface area (Å²) in [6.45, 7) is 10.0. The normalized spacial score (nSPS) is 10.4. The van der Waals surface area contributed by atoms with Gasteiger partial charge >= 0.3 is 0 Å². The Hall–Kier alpha value is -1.60. The Morgan fingerprint density at radius 2 is 1.11 bits per heavy atom. The van der Waals surface area contributed by atoms with Gasteiger partial charge in [-0.05, 0) is 18.1 Å². The van der Waals surface area contributed by atoms with Crippen LogP contribution in [0.3, 0.4) is 0 Å². The fourth-order valence-electron chi connectivity index (χ4n) is 1.58. The molecule has 2 aromatic carbocycles. The zero-order chi connectivity index (χ0) is 14.7. The third kappa shape index (κ3) is 5.71. The lowest BCUT2D eigenvalue weighted by atomic mass is 10.0. The van der Waals surface area contributed by atoms with Crippen molar-refractivity contribution in [3.8, 4) is 0 Å². The fourth-order valence-corrected chi connectivity index (χ4v) is 1.58. The summed E-state index contributed by atoms with van der Waals surface area (Å²) in [4.78, 5) is 0. The summed E-state index contributed by atoms with van der Waals surface area (Å²) in [6.07, 6.45) is -0.521. The van der Waals surface area contributed by atoms with E-state index >= 15 is 0 Å². The highest BCUT2D eigenvalue weighted by Gasteiger charge is 2.08. The van der Waals surface area contributed by atoms with Crippen LogP contribution in [0.15, 0.2) is 54.6 Å². The van der Waals surface area contributed by atoms with Crippen molar-refractivity contribution in [2.45, 2.75) is 40.7 Å². The molecule has 1 unspecified atom stereocenters. The molecule has 2 rings (SSSR count). The van der Waals surface area contributed by atoms with Crippen LogP contribution in [0.4, 0.5) is 0 Å². The number of benzene rings is 2. The Kier molecular flexibility index (Phi) is 9.46. The molecule has 0 radical (unpaired) electrons. The molecule has 0 bridgehead atoms. The van der Waals surface area contributed by atoms with Crippen LogP contribution in [-0.4, -0.2) is 5.11 Å². The molecule has 0 aromatic heterocycles. The van der Waals surface area contributed by atoms with Gasteiger partial charge in [0, 0.05) is 0 Å². The topological polar surface area (TPSA) is 20.2 Å². The van der Waals surface area contributed by atoms with E-state index in [2.05, 4.69) is 0 Å². The molecule has 0 aliphatic heterocycles. The van der Waals surface area contributed by atoms with Crippen LogP contribution in [0.25, 0.3) is 0 Å². The van der Waals surface area contributed by atoms with Crippen molar-refractivity contribution in [3.63, 3.8) is 0 Å². The second kappa shape index (κ2) is 10.3. The maximum atomic E-state index is 10.1. The highest BCUT2D eigenvalue weighted by Crippen LogP contribution is 2.21. The predicted octanol–water partition coefficient (Wildman–Crippen LogP) is 5.13. The molecular weight excluding hydrogens is 232 g/mol. The van der Waals surface area contributed by atoms with Gasteiger partial charge < -0.3 is 5.11 Å². The van der Waals surface area contributed by atoms with Crippen LogP contribution >= 0.6 is 0 Å². The van der Waals surface area contributed by atoms with Crippen LogP contribution in [0.1, 0.15) is 50.5 Å². The molecule has 1 atom stereocenters. The predicted molar refractivity (Wildman–Crippen MR) is 84.4 cm³/mol. The van der Waals surface area contributed by atoms with Crippen LogP contribution in [-0.2, 0) is 0 Å². The highest BCUT2D eigenvalue weighted by molar-refractivity contribution is 5.31. The summed E-state index contributed by atoms with van der Waals surface area (Å²) in [5, 5.41) is 10.1. The van der Waals surface area contributed by atoms with Crippen molar-refractivity contribution >= 4 is 0 Å². The molecule has 0 heterocycles. The first-order valence-corrected chi connectivity index (χ1v) is 7.07. The van der Waals surface area contributed by atoms with E-state index in [4.69, 9.17) is 0 Å². The van der Waals surface area contributed by atoms with Crippen molar-refractivity contribution in [2.75, 3.05) is 0 Å². The van der Waals surface area contributed by atoms with Crippen molar-refractivity contribution in [3.05, 3.63) is 71.3 Å². The summed E-state index contributed by atoms with van der Waals surface area (Å²) < 4.78 is 0. The number of aliphatic hydroxyl groups is 1. The molecule has 0 saturated carbocycles. The third-order valence-corrected chi connectivity index (χ3v) is 2.51. The molecule has 0 amide bonds. The van der Waals surface area contributed by atoms with Gasteiger partial charge in [-0.3, -0.25) is 0 Å². The van der Waals surface area contributed by atoms with Gasteiger partial charge in [0.15, 0.2) is 0 Å². The van der Waals surface area contributed by atoms with Gasteiger partial charge in [0.25, 0.3) is 0 Å². The second-order valence-electron chi connectivity index (χ2n) is 3.72. The number of aryl methyl sites for hydroxylation is 1. The molecule has 1 nitrogen and oxygen atoms in total. The molecule has 0 saturated heterocycles. The van der Waals surface area contributed by atoms with E-state index in [-0.39, 0.29) is 0 Å². The molecule has 0 spiro atoms. The first kappa shape index (κ1) is 17.4. The fraction of sp³-hybridized carbons (Fsp3) is 0.333. The molecular formula is C18H26O. The number of hydrogen-bond acceptors (Lipinski definition) is 1. The van der Waals surface area contributed by atoms with E-state index in [0.29, 0.717) is 0 Å². The molecule has 2 aromatic rings. The molecule has 0 aliphatic carbocycles. The number of rotatable bonds is 2. The van der Waals surface area contributed by atoms with E-state index in [1.807, 2.05) is 89.2 Å². The van der Waals surface area contributed by atoms with E-state index in [9.17, 15) is 5.11 Å². The van der Waals surface area contributed by atoms with Gasteiger partial charge in [-0.15, -0.1) is 0 Å². The average molecular weight is 258 g/mol. The lowest BCUT2D eigenvalue weighted by Crippen LogP contribution is -1.98. The van der Waals surface area contributed by atoms with E-state index in [0.717, 1.165) is 11.1 Å². The second-order valence-corrected chi connectivity index (χ2v) is 3.72. The van der Waals surface area contributed by atoms with Gasteiger partial charge in [0.05, 0.1) is 0 Å². The molecule has 104 valence electrons. The molecule has 1 N–H and O–H groups in total.